The number of methoxy groups -OCH3 is 1. The maximum Gasteiger partial charge on any atom is 0.108 e. The minimum atomic E-state index is -0.0457. The number of ether oxygens (including phenoxy) is 1. The molecule has 0 radical (unpaired) electrons. The molecular formula is C10H19N3O. The van der Waals surface area contributed by atoms with Gasteiger partial charge in [0.1, 0.15) is 6.04 Å². The molecule has 14 heavy (non-hydrogen) atoms. The molecular weight excluding hydrogens is 178 g/mol. The summed E-state index contributed by atoms with van der Waals surface area (Å²) in [6.07, 6.45) is 1.44. The van der Waals surface area contributed by atoms with Crippen molar-refractivity contribution in [1.29, 1.82) is 5.26 Å². The molecule has 1 saturated heterocycles. The van der Waals surface area contributed by atoms with Gasteiger partial charge in [-0.25, -0.2) is 0 Å². The van der Waals surface area contributed by atoms with Gasteiger partial charge in [0.05, 0.1) is 12.2 Å². The number of nitrogens with one attached hydrogen (secondary N) is 1. The molecule has 1 fully saturated rings. The van der Waals surface area contributed by atoms with Crippen molar-refractivity contribution < 1.29 is 4.74 Å². The average Bonchev–Trinajstić information content (AvgIpc) is 2.65. The molecule has 80 valence electrons. The molecule has 0 saturated carbocycles. The van der Waals surface area contributed by atoms with Crippen molar-refractivity contribution in [2.75, 3.05) is 33.3 Å². The van der Waals surface area contributed by atoms with Gasteiger partial charge in [0, 0.05) is 26.7 Å². The lowest BCUT2D eigenvalue weighted by atomic mass is 10.3. The van der Waals surface area contributed by atoms with Crippen LogP contribution >= 0.6 is 0 Å². The number of hydrogen-bond acceptors (Lipinski definition) is 4. The topological polar surface area (TPSA) is 48.3 Å². The molecule has 2 unspecified atom stereocenters. The van der Waals surface area contributed by atoms with E-state index in [9.17, 15) is 0 Å². The van der Waals surface area contributed by atoms with E-state index in [0.29, 0.717) is 6.10 Å². The highest BCUT2D eigenvalue weighted by Gasteiger charge is 2.23. The summed E-state index contributed by atoms with van der Waals surface area (Å²) in [6, 6.07) is 2.22. The van der Waals surface area contributed by atoms with E-state index >= 15 is 0 Å². The lowest BCUT2D eigenvalue weighted by Gasteiger charge is -2.19. The van der Waals surface area contributed by atoms with Crippen molar-refractivity contribution in [2.24, 2.45) is 0 Å². The molecule has 1 aliphatic heterocycles. The van der Waals surface area contributed by atoms with Crippen LogP contribution in [0.3, 0.4) is 0 Å². The SMILES string of the molecule is CCNC(C#N)CN1CCC(OC)C1. The number of hydrogen-bond donors (Lipinski definition) is 1. The predicted octanol–water partition coefficient (Wildman–Crippen LogP) is 0.209. The van der Waals surface area contributed by atoms with E-state index in [1.807, 2.05) is 6.92 Å². The average molecular weight is 197 g/mol. The molecule has 2 atom stereocenters. The summed E-state index contributed by atoms with van der Waals surface area (Å²) in [7, 11) is 1.75. The zero-order chi connectivity index (χ0) is 10.4. The summed E-state index contributed by atoms with van der Waals surface area (Å²) in [5.41, 5.74) is 0. The molecule has 0 aromatic heterocycles. The highest BCUT2D eigenvalue weighted by molar-refractivity contribution is 4.93. The quantitative estimate of drug-likeness (QED) is 0.684. The van der Waals surface area contributed by atoms with Crippen LogP contribution in [0.5, 0.6) is 0 Å². The van der Waals surface area contributed by atoms with Crippen molar-refractivity contribution in [2.45, 2.75) is 25.5 Å². The lowest BCUT2D eigenvalue weighted by molar-refractivity contribution is 0.107. The second-order valence-electron chi connectivity index (χ2n) is 3.65. The van der Waals surface area contributed by atoms with E-state index in [2.05, 4.69) is 16.3 Å². The van der Waals surface area contributed by atoms with Crippen molar-refractivity contribution in [3.63, 3.8) is 0 Å². The first-order valence-corrected chi connectivity index (χ1v) is 5.18. The summed E-state index contributed by atoms with van der Waals surface area (Å²) in [5.74, 6) is 0. The van der Waals surface area contributed by atoms with E-state index in [4.69, 9.17) is 10.00 Å². The largest absolute Gasteiger partial charge is 0.380 e. The minimum Gasteiger partial charge on any atom is -0.380 e. The fourth-order valence-corrected chi connectivity index (χ4v) is 1.81. The highest BCUT2D eigenvalue weighted by atomic mass is 16.5. The third kappa shape index (κ3) is 3.26. The summed E-state index contributed by atoms with van der Waals surface area (Å²) in [6.45, 7) is 5.68. The second-order valence-corrected chi connectivity index (χ2v) is 3.65. The zero-order valence-electron chi connectivity index (χ0n) is 8.99. The molecule has 0 aromatic carbocycles. The van der Waals surface area contributed by atoms with E-state index in [1.165, 1.54) is 0 Å². The normalized spacial score (nSPS) is 24.8. The van der Waals surface area contributed by atoms with Crippen LogP contribution in [0.1, 0.15) is 13.3 Å². The Labute approximate surface area is 85.8 Å². The maximum absolute atomic E-state index is 8.87. The van der Waals surface area contributed by atoms with Gasteiger partial charge >= 0.3 is 0 Å². The van der Waals surface area contributed by atoms with Gasteiger partial charge in [0.25, 0.3) is 0 Å². The minimum absolute atomic E-state index is 0.0457. The van der Waals surface area contributed by atoms with Crippen LogP contribution in [0.2, 0.25) is 0 Å². The molecule has 1 aliphatic rings. The Kier molecular flexibility index (Phi) is 4.88. The van der Waals surface area contributed by atoms with Crippen LogP contribution in [0, 0.1) is 11.3 Å². The van der Waals surface area contributed by atoms with Crippen LogP contribution in [0.4, 0.5) is 0 Å². The predicted molar refractivity (Wildman–Crippen MR) is 54.9 cm³/mol. The molecule has 0 bridgehead atoms. The van der Waals surface area contributed by atoms with Crippen molar-refractivity contribution in [3.05, 3.63) is 0 Å². The smallest absolute Gasteiger partial charge is 0.108 e. The van der Waals surface area contributed by atoms with Gasteiger partial charge in [0.15, 0.2) is 0 Å². The van der Waals surface area contributed by atoms with Gasteiger partial charge in [-0.3, -0.25) is 4.90 Å². The second kappa shape index (κ2) is 5.97. The Hall–Kier alpha value is -0.630. The first-order valence-electron chi connectivity index (χ1n) is 5.18. The fraction of sp³-hybridized carbons (Fsp3) is 0.900. The summed E-state index contributed by atoms with van der Waals surface area (Å²) in [4.78, 5) is 2.28. The van der Waals surface area contributed by atoms with Crippen LogP contribution in [0.15, 0.2) is 0 Å². The summed E-state index contributed by atoms with van der Waals surface area (Å²) in [5, 5.41) is 12.0. The molecule has 1 rings (SSSR count). The Balaban J connectivity index is 2.27. The fourth-order valence-electron chi connectivity index (χ4n) is 1.81. The molecule has 0 aliphatic carbocycles. The van der Waals surface area contributed by atoms with Crippen LogP contribution in [0.25, 0.3) is 0 Å². The monoisotopic (exact) mass is 197 g/mol. The van der Waals surface area contributed by atoms with Crippen LogP contribution < -0.4 is 5.32 Å². The van der Waals surface area contributed by atoms with Gasteiger partial charge in [-0.1, -0.05) is 6.92 Å². The van der Waals surface area contributed by atoms with Gasteiger partial charge in [-0.15, -0.1) is 0 Å². The Morgan fingerprint density at radius 1 is 1.71 bits per heavy atom. The van der Waals surface area contributed by atoms with E-state index in [1.54, 1.807) is 7.11 Å². The van der Waals surface area contributed by atoms with Gasteiger partial charge in [-0.05, 0) is 13.0 Å². The third-order valence-electron chi connectivity index (χ3n) is 2.61. The first-order chi connectivity index (χ1) is 6.80. The van der Waals surface area contributed by atoms with Crippen molar-refractivity contribution >= 4 is 0 Å². The maximum atomic E-state index is 8.87. The molecule has 0 spiro atoms. The van der Waals surface area contributed by atoms with Crippen molar-refractivity contribution in [3.8, 4) is 6.07 Å². The standard InChI is InChI=1S/C10H19N3O/c1-3-12-9(6-11)7-13-5-4-10(8-13)14-2/h9-10,12H,3-5,7-8H2,1-2H3. The van der Waals surface area contributed by atoms with E-state index < -0.39 is 0 Å². The number of likely N-dealkylation sites (tertiary alicyclic amines) is 1. The number of rotatable bonds is 5. The van der Waals surface area contributed by atoms with Gasteiger partial charge in [-0.2, -0.15) is 5.26 Å². The number of likely N-dealkylation sites (N-methyl/N-ethyl adjacent to an activating group) is 1. The Morgan fingerprint density at radius 3 is 3.00 bits per heavy atom. The Morgan fingerprint density at radius 2 is 2.50 bits per heavy atom. The molecule has 0 aromatic rings. The molecule has 0 amide bonds. The van der Waals surface area contributed by atoms with Crippen LogP contribution in [-0.4, -0.2) is 50.3 Å². The third-order valence-corrected chi connectivity index (χ3v) is 2.61. The highest BCUT2D eigenvalue weighted by Crippen LogP contribution is 2.11. The molecule has 4 heteroatoms. The molecule has 1 heterocycles. The summed E-state index contributed by atoms with van der Waals surface area (Å²) >= 11 is 0. The van der Waals surface area contributed by atoms with Crippen molar-refractivity contribution in [1.82, 2.24) is 10.2 Å². The van der Waals surface area contributed by atoms with E-state index in [0.717, 1.165) is 32.6 Å². The molecule has 1 N–H and O–H groups in total. The van der Waals surface area contributed by atoms with Gasteiger partial charge < -0.3 is 10.1 Å². The molecule has 4 nitrogen and oxygen atoms in total. The first kappa shape index (κ1) is 11.4. The van der Waals surface area contributed by atoms with Gasteiger partial charge in [0.2, 0.25) is 0 Å². The lowest BCUT2D eigenvalue weighted by Crippen LogP contribution is -2.39. The van der Waals surface area contributed by atoms with E-state index in [-0.39, 0.29) is 6.04 Å². The zero-order valence-corrected chi connectivity index (χ0v) is 8.99. The number of nitriles is 1. The van der Waals surface area contributed by atoms with Crippen LogP contribution in [-0.2, 0) is 4.74 Å². The Bertz CT molecular complexity index is 202. The summed E-state index contributed by atoms with van der Waals surface area (Å²) < 4.78 is 5.27. The number of nitrogens with zero attached hydrogens (tertiary/aromatic N) is 2.